The van der Waals surface area contributed by atoms with Crippen molar-refractivity contribution in [1.82, 2.24) is 15.1 Å². The Hall–Kier alpha value is -1.81. The number of rotatable bonds is 5. The number of benzene rings is 1. The number of aryl methyl sites for hydroxylation is 1. The Kier molecular flexibility index (Phi) is 4.25. The van der Waals surface area contributed by atoms with Crippen LogP contribution in [0, 0.1) is 0 Å². The lowest BCUT2D eigenvalue weighted by Gasteiger charge is -2.11. The molecule has 0 saturated carbocycles. The van der Waals surface area contributed by atoms with E-state index in [1.54, 1.807) is 17.1 Å². The molecular formula is C16H18ClN3O. The molecule has 2 aromatic rings. The summed E-state index contributed by atoms with van der Waals surface area (Å²) in [6.07, 6.45) is 6.07. The van der Waals surface area contributed by atoms with Gasteiger partial charge >= 0.3 is 0 Å². The summed E-state index contributed by atoms with van der Waals surface area (Å²) in [5, 5.41) is 7.65. The van der Waals surface area contributed by atoms with Crippen molar-refractivity contribution in [2.45, 2.75) is 31.7 Å². The second-order valence-electron chi connectivity index (χ2n) is 5.41. The normalized spacial score (nSPS) is 16.7. The number of aromatic nitrogens is 2. The van der Waals surface area contributed by atoms with E-state index in [4.69, 9.17) is 11.6 Å². The lowest BCUT2D eigenvalue weighted by atomic mass is 9.97. The van der Waals surface area contributed by atoms with E-state index in [9.17, 15) is 4.79 Å². The molecule has 0 aliphatic heterocycles. The monoisotopic (exact) mass is 303 g/mol. The molecular weight excluding hydrogens is 286 g/mol. The van der Waals surface area contributed by atoms with E-state index in [-0.39, 0.29) is 5.91 Å². The van der Waals surface area contributed by atoms with Crippen LogP contribution in [-0.4, -0.2) is 22.2 Å². The van der Waals surface area contributed by atoms with Crippen LogP contribution >= 0.6 is 11.6 Å². The van der Waals surface area contributed by atoms with Crippen LogP contribution in [0.15, 0.2) is 36.7 Å². The average Bonchev–Trinajstić information content (AvgIpc) is 3.06. The molecule has 1 heterocycles. The van der Waals surface area contributed by atoms with Gasteiger partial charge < -0.3 is 5.32 Å². The minimum absolute atomic E-state index is 0.106. The van der Waals surface area contributed by atoms with E-state index >= 15 is 0 Å². The molecule has 0 spiro atoms. The Morgan fingerprint density at radius 2 is 2.29 bits per heavy atom. The van der Waals surface area contributed by atoms with Gasteiger partial charge in [-0.2, -0.15) is 5.10 Å². The standard InChI is InChI=1S/C16H18ClN3O/c17-14-10-19-20(11-14)8-7-18-16(21)9-13-6-5-12-3-1-2-4-15(12)13/h1-4,10-11,13H,5-9H2,(H,18,21). The molecule has 21 heavy (non-hydrogen) atoms. The summed E-state index contributed by atoms with van der Waals surface area (Å²) in [6.45, 7) is 1.21. The van der Waals surface area contributed by atoms with Gasteiger partial charge in [-0.25, -0.2) is 0 Å². The van der Waals surface area contributed by atoms with Gasteiger partial charge in [0, 0.05) is 19.2 Å². The van der Waals surface area contributed by atoms with Gasteiger partial charge in [0.15, 0.2) is 0 Å². The number of fused-ring (bicyclic) bond motifs is 1. The zero-order valence-electron chi connectivity index (χ0n) is 11.8. The first-order valence-corrected chi connectivity index (χ1v) is 7.62. The zero-order valence-corrected chi connectivity index (χ0v) is 12.5. The van der Waals surface area contributed by atoms with E-state index in [0.717, 1.165) is 12.8 Å². The molecule has 110 valence electrons. The molecule has 1 aliphatic rings. The number of nitrogens with zero attached hydrogens (tertiary/aromatic N) is 2. The molecule has 1 aromatic carbocycles. The molecule has 1 N–H and O–H groups in total. The molecule has 1 aromatic heterocycles. The molecule has 1 atom stereocenters. The summed E-state index contributed by atoms with van der Waals surface area (Å²) in [6, 6.07) is 8.42. The molecule has 0 radical (unpaired) electrons. The van der Waals surface area contributed by atoms with Gasteiger partial charge in [0.2, 0.25) is 5.91 Å². The van der Waals surface area contributed by atoms with E-state index in [2.05, 4.69) is 34.7 Å². The molecule has 1 aliphatic carbocycles. The molecule has 5 heteroatoms. The Morgan fingerprint density at radius 1 is 1.43 bits per heavy atom. The molecule has 1 unspecified atom stereocenters. The summed E-state index contributed by atoms with van der Waals surface area (Å²) in [5.74, 6) is 0.468. The van der Waals surface area contributed by atoms with Crippen molar-refractivity contribution in [3.63, 3.8) is 0 Å². The summed E-state index contributed by atoms with van der Waals surface area (Å²) in [7, 11) is 0. The van der Waals surface area contributed by atoms with E-state index in [0.29, 0.717) is 30.5 Å². The van der Waals surface area contributed by atoms with Crippen LogP contribution in [0.5, 0.6) is 0 Å². The maximum absolute atomic E-state index is 12.0. The summed E-state index contributed by atoms with van der Waals surface area (Å²) >= 11 is 5.79. The van der Waals surface area contributed by atoms with Crippen molar-refractivity contribution < 1.29 is 4.79 Å². The highest BCUT2D eigenvalue weighted by molar-refractivity contribution is 6.30. The number of hydrogen-bond acceptors (Lipinski definition) is 2. The van der Waals surface area contributed by atoms with Crippen LogP contribution in [-0.2, 0) is 17.8 Å². The second kappa shape index (κ2) is 6.31. The second-order valence-corrected chi connectivity index (χ2v) is 5.85. The van der Waals surface area contributed by atoms with Crippen molar-refractivity contribution in [1.29, 1.82) is 0 Å². The molecule has 0 saturated heterocycles. The van der Waals surface area contributed by atoms with Gasteiger partial charge in [0.1, 0.15) is 0 Å². The van der Waals surface area contributed by atoms with E-state index in [1.807, 2.05) is 0 Å². The van der Waals surface area contributed by atoms with Crippen LogP contribution < -0.4 is 5.32 Å². The summed E-state index contributed by atoms with van der Waals surface area (Å²) in [5.41, 5.74) is 2.73. The Morgan fingerprint density at radius 3 is 3.10 bits per heavy atom. The largest absolute Gasteiger partial charge is 0.354 e. The van der Waals surface area contributed by atoms with Crippen LogP contribution in [0.1, 0.15) is 29.9 Å². The van der Waals surface area contributed by atoms with Crippen LogP contribution in [0.25, 0.3) is 0 Å². The van der Waals surface area contributed by atoms with Crippen molar-refractivity contribution in [3.8, 4) is 0 Å². The lowest BCUT2D eigenvalue weighted by molar-refractivity contribution is -0.121. The first-order chi connectivity index (χ1) is 10.2. The first-order valence-electron chi connectivity index (χ1n) is 7.25. The highest BCUT2D eigenvalue weighted by atomic mass is 35.5. The van der Waals surface area contributed by atoms with Gasteiger partial charge in [-0.15, -0.1) is 0 Å². The number of nitrogens with one attached hydrogen (secondary N) is 1. The first kappa shape index (κ1) is 14.1. The zero-order chi connectivity index (χ0) is 14.7. The maximum Gasteiger partial charge on any atom is 0.220 e. The third-order valence-electron chi connectivity index (χ3n) is 3.95. The smallest absolute Gasteiger partial charge is 0.220 e. The number of amides is 1. The summed E-state index contributed by atoms with van der Waals surface area (Å²) in [4.78, 5) is 12.0. The number of hydrogen-bond donors (Lipinski definition) is 1. The van der Waals surface area contributed by atoms with Crippen molar-refractivity contribution in [2.24, 2.45) is 0 Å². The summed E-state index contributed by atoms with van der Waals surface area (Å²) < 4.78 is 1.73. The SMILES string of the molecule is O=C(CC1CCc2ccccc21)NCCn1cc(Cl)cn1. The predicted octanol–water partition coefficient (Wildman–Crippen LogP) is 2.77. The average molecular weight is 304 g/mol. The quantitative estimate of drug-likeness (QED) is 0.923. The third kappa shape index (κ3) is 3.45. The fourth-order valence-corrected chi connectivity index (χ4v) is 3.08. The highest BCUT2D eigenvalue weighted by Crippen LogP contribution is 2.34. The van der Waals surface area contributed by atoms with Crippen LogP contribution in [0.2, 0.25) is 5.02 Å². The van der Waals surface area contributed by atoms with E-state index < -0.39 is 0 Å². The Bertz CT molecular complexity index is 638. The fraction of sp³-hybridized carbons (Fsp3) is 0.375. The van der Waals surface area contributed by atoms with Gasteiger partial charge in [-0.1, -0.05) is 35.9 Å². The molecule has 4 nitrogen and oxygen atoms in total. The van der Waals surface area contributed by atoms with Gasteiger partial charge in [0.05, 0.1) is 17.8 Å². The maximum atomic E-state index is 12.0. The molecule has 3 rings (SSSR count). The minimum atomic E-state index is 0.106. The lowest BCUT2D eigenvalue weighted by Crippen LogP contribution is -2.28. The minimum Gasteiger partial charge on any atom is -0.354 e. The van der Waals surface area contributed by atoms with Gasteiger partial charge in [-0.3, -0.25) is 9.48 Å². The van der Waals surface area contributed by atoms with Gasteiger partial charge in [0.25, 0.3) is 0 Å². The van der Waals surface area contributed by atoms with Crippen LogP contribution in [0.4, 0.5) is 0 Å². The number of carbonyl (C=O) groups is 1. The van der Waals surface area contributed by atoms with E-state index in [1.165, 1.54) is 11.1 Å². The number of halogens is 1. The van der Waals surface area contributed by atoms with Crippen LogP contribution in [0.3, 0.4) is 0 Å². The van der Waals surface area contributed by atoms with Gasteiger partial charge in [-0.05, 0) is 29.9 Å². The topological polar surface area (TPSA) is 46.9 Å². The molecule has 1 amide bonds. The predicted molar refractivity (Wildman–Crippen MR) is 82.4 cm³/mol. The third-order valence-corrected chi connectivity index (χ3v) is 4.15. The number of carbonyl (C=O) groups excluding carboxylic acids is 1. The van der Waals surface area contributed by atoms with Crippen molar-refractivity contribution >= 4 is 17.5 Å². The fourth-order valence-electron chi connectivity index (χ4n) is 2.92. The highest BCUT2D eigenvalue weighted by Gasteiger charge is 2.23. The Balaban J connectivity index is 1.47. The van der Waals surface area contributed by atoms with Crippen molar-refractivity contribution in [2.75, 3.05) is 6.54 Å². The molecule has 0 bridgehead atoms. The van der Waals surface area contributed by atoms with Crippen molar-refractivity contribution in [3.05, 3.63) is 52.8 Å². The Labute approximate surface area is 129 Å². The molecule has 0 fully saturated rings.